The van der Waals surface area contributed by atoms with Crippen LogP contribution in [0.5, 0.6) is 0 Å². The molecular weight excluding hydrogens is 248 g/mol. The van der Waals surface area contributed by atoms with Gasteiger partial charge in [0.05, 0.1) is 17.1 Å². The summed E-state index contributed by atoms with van der Waals surface area (Å²) in [7, 11) is 0. The molecule has 0 fully saturated rings. The summed E-state index contributed by atoms with van der Waals surface area (Å²) in [4.78, 5) is 4.52. The monoisotopic (exact) mass is 260 g/mol. The first-order valence-electron chi connectivity index (χ1n) is 6.18. The number of nitrogens with two attached hydrogens (primary N) is 1. The van der Waals surface area contributed by atoms with Gasteiger partial charge in [0.1, 0.15) is 5.82 Å². The number of nitrogen functional groups attached to an aromatic ring is 1. The molecule has 20 heavy (non-hydrogen) atoms. The van der Waals surface area contributed by atoms with Gasteiger partial charge in [-0.3, -0.25) is 0 Å². The van der Waals surface area contributed by atoms with Gasteiger partial charge in [-0.15, -0.1) is 0 Å². The third-order valence-electron chi connectivity index (χ3n) is 3.00. The Hall–Kier alpha value is -3.06. The highest BCUT2D eigenvalue weighted by Gasteiger charge is 2.00. The standard InChI is InChI=1S/C16H12N4/c17-10-11-1-5-14(6-2-11)19-16-8-3-12-9-13(18)4-7-15(12)20-16/h1-9H,18H2,(H,19,20). The quantitative estimate of drug-likeness (QED) is 0.692. The number of nitriles is 1. The van der Waals surface area contributed by atoms with Crippen LogP contribution in [0, 0.1) is 11.3 Å². The van der Waals surface area contributed by atoms with Crippen molar-refractivity contribution in [3.05, 3.63) is 60.2 Å². The van der Waals surface area contributed by atoms with Gasteiger partial charge in [-0.25, -0.2) is 4.98 Å². The van der Waals surface area contributed by atoms with Gasteiger partial charge in [0, 0.05) is 16.8 Å². The molecule has 4 heteroatoms. The van der Waals surface area contributed by atoms with Crippen molar-refractivity contribution < 1.29 is 0 Å². The maximum atomic E-state index is 8.77. The minimum atomic E-state index is 0.637. The molecule has 0 radical (unpaired) electrons. The summed E-state index contributed by atoms with van der Waals surface area (Å²) < 4.78 is 0. The van der Waals surface area contributed by atoms with E-state index in [1.165, 1.54) is 0 Å². The minimum absolute atomic E-state index is 0.637. The highest BCUT2D eigenvalue weighted by atomic mass is 15.0. The molecule has 96 valence electrons. The van der Waals surface area contributed by atoms with Crippen LogP contribution < -0.4 is 11.1 Å². The van der Waals surface area contributed by atoms with Crippen molar-refractivity contribution in [2.45, 2.75) is 0 Å². The van der Waals surface area contributed by atoms with Gasteiger partial charge < -0.3 is 11.1 Å². The Bertz CT molecular complexity index is 801. The molecule has 3 rings (SSSR count). The van der Waals surface area contributed by atoms with Gasteiger partial charge in [0.25, 0.3) is 0 Å². The van der Waals surface area contributed by atoms with Crippen LogP contribution in [-0.2, 0) is 0 Å². The average molecular weight is 260 g/mol. The normalized spacial score (nSPS) is 10.2. The predicted molar refractivity (Wildman–Crippen MR) is 80.6 cm³/mol. The van der Waals surface area contributed by atoms with Crippen molar-refractivity contribution in [3.8, 4) is 6.07 Å². The van der Waals surface area contributed by atoms with E-state index >= 15 is 0 Å². The number of hydrogen-bond acceptors (Lipinski definition) is 4. The van der Waals surface area contributed by atoms with Gasteiger partial charge in [0.15, 0.2) is 0 Å². The van der Waals surface area contributed by atoms with E-state index in [1.807, 2.05) is 42.5 Å². The molecule has 4 nitrogen and oxygen atoms in total. The van der Waals surface area contributed by atoms with Crippen LogP contribution in [-0.4, -0.2) is 4.98 Å². The van der Waals surface area contributed by atoms with Gasteiger partial charge >= 0.3 is 0 Å². The van der Waals surface area contributed by atoms with E-state index in [0.717, 1.165) is 28.1 Å². The van der Waals surface area contributed by atoms with Crippen molar-refractivity contribution in [1.29, 1.82) is 5.26 Å². The van der Waals surface area contributed by atoms with E-state index in [-0.39, 0.29) is 0 Å². The number of nitrogens with zero attached hydrogens (tertiary/aromatic N) is 2. The first kappa shape index (κ1) is 12.0. The van der Waals surface area contributed by atoms with Crippen molar-refractivity contribution in [2.75, 3.05) is 11.1 Å². The lowest BCUT2D eigenvalue weighted by Crippen LogP contribution is -1.94. The summed E-state index contributed by atoms with van der Waals surface area (Å²) in [6.07, 6.45) is 0. The number of hydrogen-bond donors (Lipinski definition) is 2. The molecule has 0 saturated heterocycles. The largest absolute Gasteiger partial charge is 0.399 e. The fraction of sp³-hybridized carbons (Fsp3) is 0. The smallest absolute Gasteiger partial charge is 0.131 e. The van der Waals surface area contributed by atoms with Gasteiger partial charge in [0.2, 0.25) is 0 Å². The topological polar surface area (TPSA) is 74.7 Å². The number of fused-ring (bicyclic) bond motifs is 1. The molecule has 3 N–H and O–H groups in total. The van der Waals surface area contributed by atoms with Crippen molar-refractivity contribution >= 4 is 28.1 Å². The van der Waals surface area contributed by atoms with Crippen LogP contribution in [0.25, 0.3) is 10.9 Å². The Morgan fingerprint density at radius 1 is 1.00 bits per heavy atom. The zero-order chi connectivity index (χ0) is 13.9. The van der Waals surface area contributed by atoms with E-state index in [4.69, 9.17) is 11.0 Å². The molecule has 0 aliphatic heterocycles. The number of aromatic nitrogens is 1. The van der Waals surface area contributed by atoms with Crippen molar-refractivity contribution in [1.82, 2.24) is 4.98 Å². The fourth-order valence-electron chi connectivity index (χ4n) is 1.99. The molecule has 0 aliphatic rings. The third kappa shape index (κ3) is 2.38. The van der Waals surface area contributed by atoms with E-state index in [2.05, 4.69) is 16.4 Å². The first-order chi connectivity index (χ1) is 9.74. The molecule has 2 aromatic carbocycles. The summed E-state index contributed by atoms with van der Waals surface area (Å²) in [5.41, 5.74) is 8.89. The maximum absolute atomic E-state index is 8.77. The Morgan fingerprint density at radius 2 is 1.80 bits per heavy atom. The fourth-order valence-corrected chi connectivity index (χ4v) is 1.99. The minimum Gasteiger partial charge on any atom is -0.399 e. The molecule has 0 atom stereocenters. The predicted octanol–water partition coefficient (Wildman–Crippen LogP) is 3.43. The molecule has 0 saturated carbocycles. The van der Waals surface area contributed by atoms with Gasteiger partial charge in [-0.05, 0) is 54.6 Å². The highest BCUT2D eigenvalue weighted by molar-refractivity contribution is 5.83. The van der Waals surface area contributed by atoms with Crippen LogP contribution >= 0.6 is 0 Å². The SMILES string of the molecule is N#Cc1ccc(Nc2ccc3cc(N)ccc3n2)cc1. The highest BCUT2D eigenvalue weighted by Crippen LogP contribution is 2.20. The molecule has 3 aromatic rings. The van der Waals surface area contributed by atoms with Crippen LogP contribution in [0.1, 0.15) is 5.56 Å². The second-order valence-corrected chi connectivity index (χ2v) is 4.46. The summed E-state index contributed by atoms with van der Waals surface area (Å²) in [6, 6.07) is 18.8. The second kappa shape index (κ2) is 4.90. The van der Waals surface area contributed by atoms with Crippen LogP contribution in [0.3, 0.4) is 0 Å². The van der Waals surface area contributed by atoms with E-state index in [9.17, 15) is 0 Å². The van der Waals surface area contributed by atoms with Gasteiger partial charge in [-0.2, -0.15) is 5.26 Å². The Labute approximate surface area is 116 Å². The zero-order valence-corrected chi connectivity index (χ0v) is 10.7. The molecule has 0 bridgehead atoms. The average Bonchev–Trinajstić information content (AvgIpc) is 2.48. The number of benzene rings is 2. The maximum Gasteiger partial charge on any atom is 0.131 e. The number of nitrogens with one attached hydrogen (secondary N) is 1. The van der Waals surface area contributed by atoms with Crippen LogP contribution in [0.4, 0.5) is 17.2 Å². The summed E-state index contributed by atoms with van der Waals surface area (Å²) in [5.74, 6) is 0.756. The van der Waals surface area contributed by atoms with Crippen LogP contribution in [0.15, 0.2) is 54.6 Å². The molecule has 0 spiro atoms. The van der Waals surface area contributed by atoms with E-state index in [0.29, 0.717) is 5.56 Å². The Morgan fingerprint density at radius 3 is 2.55 bits per heavy atom. The summed E-state index contributed by atoms with van der Waals surface area (Å²) >= 11 is 0. The number of pyridine rings is 1. The summed E-state index contributed by atoms with van der Waals surface area (Å²) in [5, 5.41) is 13.0. The molecule has 0 amide bonds. The Balaban J connectivity index is 1.90. The molecule has 1 heterocycles. The lowest BCUT2D eigenvalue weighted by atomic mass is 10.2. The number of anilines is 3. The Kier molecular flexibility index (Phi) is 2.94. The van der Waals surface area contributed by atoms with E-state index < -0.39 is 0 Å². The first-order valence-corrected chi connectivity index (χ1v) is 6.18. The van der Waals surface area contributed by atoms with Crippen molar-refractivity contribution in [2.24, 2.45) is 0 Å². The van der Waals surface area contributed by atoms with Gasteiger partial charge in [-0.1, -0.05) is 0 Å². The molecular formula is C16H12N4. The lowest BCUT2D eigenvalue weighted by Gasteiger charge is -2.07. The second-order valence-electron chi connectivity index (χ2n) is 4.46. The number of rotatable bonds is 2. The van der Waals surface area contributed by atoms with Crippen molar-refractivity contribution in [3.63, 3.8) is 0 Å². The third-order valence-corrected chi connectivity index (χ3v) is 3.00. The van der Waals surface area contributed by atoms with E-state index in [1.54, 1.807) is 12.1 Å². The zero-order valence-electron chi connectivity index (χ0n) is 10.7. The lowest BCUT2D eigenvalue weighted by molar-refractivity contribution is 1.37. The molecule has 1 aromatic heterocycles. The molecule has 0 aliphatic carbocycles. The molecule has 0 unspecified atom stereocenters. The van der Waals surface area contributed by atoms with Crippen LogP contribution in [0.2, 0.25) is 0 Å². The summed E-state index contributed by atoms with van der Waals surface area (Å²) in [6.45, 7) is 0.